The topological polar surface area (TPSA) is 70.7 Å². The third-order valence-electron chi connectivity index (χ3n) is 3.43. The lowest BCUT2D eigenvalue weighted by molar-refractivity contribution is -0.121. The number of hydrogen-bond donors (Lipinski definition) is 1. The largest absolute Gasteiger partial charge is 0.337 e. The van der Waals surface area contributed by atoms with Crippen molar-refractivity contribution in [2.75, 3.05) is 0 Å². The van der Waals surface area contributed by atoms with Gasteiger partial charge in [0.2, 0.25) is 5.91 Å². The molecule has 0 aliphatic heterocycles. The highest BCUT2D eigenvalue weighted by atomic mass is 19.1. The number of carbonyl (C=O) groups excluding carboxylic acids is 1. The fourth-order valence-electron chi connectivity index (χ4n) is 2.20. The zero-order valence-electron chi connectivity index (χ0n) is 12.6. The van der Waals surface area contributed by atoms with Crippen molar-refractivity contribution in [1.82, 2.24) is 14.9 Å². The normalized spacial score (nSPS) is 11.7. The molecule has 1 atom stereocenters. The molecule has 23 heavy (non-hydrogen) atoms. The summed E-state index contributed by atoms with van der Waals surface area (Å²) in [5.74, 6) is -1.09. The molecular formula is C16H16F2N4O. The van der Waals surface area contributed by atoms with Gasteiger partial charge in [0.25, 0.3) is 0 Å². The van der Waals surface area contributed by atoms with Gasteiger partial charge in [-0.2, -0.15) is 5.26 Å². The van der Waals surface area contributed by atoms with Crippen molar-refractivity contribution < 1.29 is 13.6 Å². The molecule has 2 rings (SSSR count). The number of nitriles is 1. The number of aromatic nitrogens is 2. The number of aryl methyl sites for hydroxylation is 2. The Morgan fingerprint density at radius 1 is 1.48 bits per heavy atom. The van der Waals surface area contributed by atoms with Gasteiger partial charge < -0.3 is 9.88 Å². The van der Waals surface area contributed by atoms with Gasteiger partial charge in [0, 0.05) is 37.0 Å². The first-order chi connectivity index (χ1) is 11.0. The molecule has 1 heterocycles. The maximum atomic E-state index is 13.7. The Balaban J connectivity index is 1.90. The minimum absolute atomic E-state index is 0.0484. The van der Waals surface area contributed by atoms with Crippen LogP contribution in [0, 0.1) is 29.9 Å². The molecule has 0 radical (unpaired) electrons. The number of nitrogens with one attached hydrogen (secondary N) is 1. The molecule has 0 aliphatic rings. The van der Waals surface area contributed by atoms with Gasteiger partial charge in [-0.3, -0.25) is 4.79 Å². The van der Waals surface area contributed by atoms with E-state index in [4.69, 9.17) is 5.26 Å². The Kier molecular flexibility index (Phi) is 5.41. The van der Waals surface area contributed by atoms with E-state index in [2.05, 4.69) is 10.3 Å². The van der Waals surface area contributed by atoms with Crippen molar-refractivity contribution in [3.05, 3.63) is 53.6 Å². The van der Waals surface area contributed by atoms with Gasteiger partial charge in [-0.25, -0.2) is 13.8 Å². The van der Waals surface area contributed by atoms with Gasteiger partial charge in [-0.1, -0.05) is 6.07 Å². The van der Waals surface area contributed by atoms with Gasteiger partial charge in [0.05, 0.1) is 6.07 Å². The van der Waals surface area contributed by atoms with Crippen LogP contribution in [0.15, 0.2) is 30.6 Å². The van der Waals surface area contributed by atoms with Crippen LogP contribution in [-0.2, 0) is 11.3 Å². The van der Waals surface area contributed by atoms with Crippen LogP contribution in [0.5, 0.6) is 0 Å². The highest BCUT2D eigenvalue weighted by molar-refractivity contribution is 5.76. The number of imidazole rings is 1. The maximum Gasteiger partial charge on any atom is 0.221 e. The fourth-order valence-corrected chi connectivity index (χ4v) is 2.20. The molecule has 5 nitrogen and oxygen atoms in total. The van der Waals surface area contributed by atoms with Crippen LogP contribution in [0.3, 0.4) is 0 Å². The number of nitrogens with zero attached hydrogens (tertiary/aromatic N) is 3. The lowest BCUT2D eigenvalue weighted by Crippen LogP contribution is -2.28. The van der Waals surface area contributed by atoms with Gasteiger partial charge in [0.15, 0.2) is 0 Å². The number of hydrogen-bond acceptors (Lipinski definition) is 3. The summed E-state index contributed by atoms with van der Waals surface area (Å²) < 4.78 is 28.5. The molecule has 7 heteroatoms. The summed E-state index contributed by atoms with van der Waals surface area (Å²) in [7, 11) is 0. The number of halogens is 2. The Morgan fingerprint density at radius 3 is 2.87 bits per heavy atom. The number of carbonyl (C=O) groups is 1. The highest BCUT2D eigenvalue weighted by Crippen LogP contribution is 2.18. The average molecular weight is 318 g/mol. The Labute approximate surface area is 132 Å². The molecule has 0 spiro atoms. The molecule has 0 bridgehead atoms. The summed E-state index contributed by atoms with van der Waals surface area (Å²) in [6.07, 6.45) is 4.25. The molecule has 0 saturated heterocycles. The van der Waals surface area contributed by atoms with E-state index in [1.54, 1.807) is 6.20 Å². The van der Waals surface area contributed by atoms with E-state index in [0.717, 1.165) is 18.0 Å². The highest BCUT2D eigenvalue weighted by Gasteiger charge is 2.18. The molecule has 0 aliphatic carbocycles. The van der Waals surface area contributed by atoms with Crippen molar-refractivity contribution in [3.8, 4) is 6.07 Å². The Morgan fingerprint density at radius 2 is 2.26 bits per heavy atom. The monoisotopic (exact) mass is 318 g/mol. The predicted molar refractivity (Wildman–Crippen MR) is 79.1 cm³/mol. The second kappa shape index (κ2) is 7.49. The lowest BCUT2D eigenvalue weighted by atomic mass is 10.1. The number of amides is 1. The Bertz CT molecular complexity index is 736. The van der Waals surface area contributed by atoms with Crippen LogP contribution in [0.1, 0.15) is 30.3 Å². The van der Waals surface area contributed by atoms with E-state index in [9.17, 15) is 13.6 Å². The van der Waals surface area contributed by atoms with Crippen LogP contribution < -0.4 is 5.32 Å². The fraction of sp³-hybridized carbons (Fsp3) is 0.312. The summed E-state index contributed by atoms with van der Waals surface area (Å²) in [6, 6.07) is 3.57. The summed E-state index contributed by atoms with van der Waals surface area (Å²) in [4.78, 5) is 16.0. The van der Waals surface area contributed by atoms with Crippen LogP contribution in [-0.4, -0.2) is 15.5 Å². The van der Waals surface area contributed by atoms with Gasteiger partial charge >= 0.3 is 0 Å². The van der Waals surface area contributed by atoms with Crippen LogP contribution in [0.25, 0.3) is 0 Å². The molecular weight excluding hydrogens is 302 g/mol. The SMILES string of the molecule is Cc1nccn1CCCC(=O)N[C@H](C#N)c1ccc(F)cc1F. The van der Waals surface area contributed by atoms with E-state index in [1.165, 1.54) is 0 Å². The second-order valence-electron chi connectivity index (χ2n) is 5.07. The minimum Gasteiger partial charge on any atom is -0.337 e. The molecule has 120 valence electrons. The quantitative estimate of drug-likeness (QED) is 0.890. The van der Waals surface area contributed by atoms with Crippen molar-refractivity contribution in [2.24, 2.45) is 0 Å². The lowest BCUT2D eigenvalue weighted by Gasteiger charge is -2.13. The number of benzene rings is 1. The molecule has 1 amide bonds. The standard InChI is InChI=1S/C16H16F2N4O/c1-11-20-6-8-22(11)7-2-3-16(23)21-15(10-19)13-5-4-12(17)9-14(13)18/h4-6,8-9,15H,2-3,7H2,1H3,(H,21,23)/t15-/m1/s1. The van der Waals surface area contributed by atoms with Crippen molar-refractivity contribution in [3.63, 3.8) is 0 Å². The van der Waals surface area contributed by atoms with Crippen LogP contribution in [0.4, 0.5) is 8.78 Å². The third-order valence-corrected chi connectivity index (χ3v) is 3.43. The maximum absolute atomic E-state index is 13.7. The van der Waals surface area contributed by atoms with Crippen molar-refractivity contribution in [1.29, 1.82) is 5.26 Å². The van der Waals surface area contributed by atoms with Gasteiger partial charge in [0.1, 0.15) is 23.5 Å². The molecule has 0 unspecified atom stereocenters. The van der Waals surface area contributed by atoms with E-state index < -0.39 is 17.7 Å². The van der Waals surface area contributed by atoms with Crippen LogP contribution in [0.2, 0.25) is 0 Å². The molecule has 1 aromatic carbocycles. The van der Waals surface area contributed by atoms with Crippen molar-refractivity contribution >= 4 is 5.91 Å². The first-order valence-corrected chi connectivity index (χ1v) is 7.13. The van der Waals surface area contributed by atoms with Crippen LogP contribution >= 0.6 is 0 Å². The average Bonchev–Trinajstić information content (AvgIpc) is 2.91. The first-order valence-electron chi connectivity index (χ1n) is 7.13. The van der Waals surface area contributed by atoms with Crippen molar-refractivity contribution in [2.45, 2.75) is 32.4 Å². The summed E-state index contributed by atoms with van der Waals surface area (Å²) in [5.41, 5.74) is -0.0484. The smallest absolute Gasteiger partial charge is 0.221 e. The van der Waals surface area contributed by atoms with E-state index in [0.29, 0.717) is 19.0 Å². The summed E-state index contributed by atoms with van der Waals surface area (Å²) >= 11 is 0. The van der Waals surface area contributed by atoms with E-state index in [1.807, 2.05) is 23.8 Å². The first kappa shape index (κ1) is 16.6. The zero-order valence-corrected chi connectivity index (χ0v) is 12.6. The summed E-state index contributed by atoms with van der Waals surface area (Å²) in [5, 5.41) is 11.5. The Hall–Kier alpha value is -2.75. The molecule has 1 aromatic heterocycles. The molecule has 0 saturated carbocycles. The van der Waals surface area contributed by atoms with E-state index >= 15 is 0 Å². The zero-order chi connectivity index (χ0) is 16.8. The predicted octanol–water partition coefficient (Wildman–Crippen LogP) is 2.63. The minimum atomic E-state index is -1.14. The molecule has 2 aromatic rings. The second-order valence-corrected chi connectivity index (χ2v) is 5.07. The van der Waals surface area contributed by atoms with E-state index in [-0.39, 0.29) is 17.9 Å². The molecule has 0 fully saturated rings. The number of rotatable bonds is 6. The van der Waals surface area contributed by atoms with Gasteiger partial charge in [-0.15, -0.1) is 0 Å². The summed E-state index contributed by atoms with van der Waals surface area (Å²) in [6.45, 7) is 2.49. The third kappa shape index (κ3) is 4.36. The molecule has 1 N–H and O–H groups in total. The van der Waals surface area contributed by atoms with Gasteiger partial charge in [-0.05, 0) is 19.4 Å².